The third-order valence-electron chi connectivity index (χ3n) is 4.13. The predicted molar refractivity (Wildman–Crippen MR) is 89.3 cm³/mol. The van der Waals surface area contributed by atoms with Crippen LogP contribution >= 0.6 is 0 Å². The molecule has 1 fully saturated rings. The zero-order chi connectivity index (χ0) is 17.0. The Hall–Kier alpha value is -2.21. The maximum atomic E-state index is 12.1. The van der Waals surface area contributed by atoms with Crippen molar-refractivity contribution in [2.45, 2.75) is 51.2 Å². The monoisotopic (exact) mass is 329 g/mol. The van der Waals surface area contributed by atoms with Crippen molar-refractivity contribution in [1.29, 1.82) is 0 Å². The standard InChI is InChI=1S/C18H23N3O3/c1-18(2)12-14(10-11-23-18)19-15(22)8-9-16-20-17(21-24-16)13-6-4-3-5-7-13/h3-7,14H,8-12H2,1-2H3,(H,19,22)/t14-/m0/s1. The van der Waals surface area contributed by atoms with Gasteiger partial charge in [-0.25, -0.2) is 0 Å². The molecule has 6 heteroatoms. The van der Waals surface area contributed by atoms with Crippen LogP contribution in [0.1, 0.15) is 39.0 Å². The van der Waals surface area contributed by atoms with Crippen molar-refractivity contribution in [3.8, 4) is 11.4 Å². The van der Waals surface area contributed by atoms with Crippen LogP contribution in [0.15, 0.2) is 34.9 Å². The normalized spacial score (nSPS) is 19.8. The van der Waals surface area contributed by atoms with Gasteiger partial charge in [0.25, 0.3) is 0 Å². The third-order valence-corrected chi connectivity index (χ3v) is 4.13. The maximum absolute atomic E-state index is 12.1. The van der Waals surface area contributed by atoms with Crippen LogP contribution in [-0.2, 0) is 16.0 Å². The van der Waals surface area contributed by atoms with Gasteiger partial charge in [0.1, 0.15) is 0 Å². The molecule has 128 valence electrons. The van der Waals surface area contributed by atoms with Crippen LogP contribution in [-0.4, -0.2) is 34.3 Å². The predicted octanol–water partition coefficient (Wildman–Crippen LogP) is 2.74. The van der Waals surface area contributed by atoms with Gasteiger partial charge in [-0.2, -0.15) is 4.98 Å². The van der Waals surface area contributed by atoms with Crippen LogP contribution in [0, 0.1) is 0 Å². The average molecular weight is 329 g/mol. The lowest BCUT2D eigenvalue weighted by atomic mass is 9.94. The highest BCUT2D eigenvalue weighted by Gasteiger charge is 2.29. The van der Waals surface area contributed by atoms with Crippen molar-refractivity contribution in [3.05, 3.63) is 36.2 Å². The first-order valence-electron chi connectivity index (χ1n) is 8.33. The van der Waals surface area contributed by atoms with Crippen LogP contribution in [0.5, 0.6) is 0 Å². The quantitative estimate of drug-likeness (QED) is 0.912. The van der Waals surface area contributed by atoms with Crippen molar-refractivity contribution in [3.63, 3.8) is 0 Å². The van der Waals surface area contributed by atoms with Gasteiger partial charge in [-0.1, -0.05) is 35.5 Å². The zero-order valence-electron chi connectivity index (χ0n) is 14.1. The van der Waals surface area contributed by atoms with Gasteiger partial charge >= 0.3 is 0 Å². The minimum atomic E-state index is -0.173. The second-order valence-electron chi connectivity index (χ2n) is 6.74. The minimum Gasteiger partial charge on any atom is -0.375 e. The number of hydrogen-bond acceptors (Lipinski definition) is 5. The lowest BCUT2D eigenvalue weighted by Crippen LogP contribution is -2.45. The van der Waals surface area contributed by atoms with Gasteiger partial charge in [0, 0.05) is 31.1 Å². The Balaban J connectivity index is 1.49. The molecule has 0 aliphatic carbocycles. The first-order valence-corrected chi connectivity index (χ1v) is 8.33. The van der Waals surface area contributed by atoms with Gasteiger partial charge in [-0.3, -0.25) is 4.79 Å². The van der Waals surface area contributed by atoms with Gasteiger partial charge in [-0.15, -0.1) is 0 Å². The molecule has 0 saturated carbocycles. The number of nitrogens with one attached hydrogen (secondary N) is 1. The molecule has 1 aliphatic rings. The summed E-state index contributed by atoms with van der Waals surface area (Å²) in [5, 5.41) is 7.04. The van der Waals surface area contributed by atoms with Crippen LogP contribution in [0.4, 0.5) is 0 Å². The van der Waals surface area contributed by atoms with Gasteiger partial charge in [0.15, 0.2) is 0 Å². The lowest BCUT2D eigenvalue weighted by Gasteiger charge is -2.35. The summed E-state index contributed by atoms with van der Waals surface area (Å²) in [4.78, 5) is 16.5. The third kappa shape index (κ3) is 4.41. The fourth-order valence-electron chi connectivity index (χ4n) is 2.94. The Labute approximate surface area is 141 Å². The molecule has 1 amide bonds. The largest absolute Gasteiger partial charge is 0.375 e. The molecule has 1 aliphatic heterocycles. The number of amides is 1. The number of carbonyl (C=O) groups excluding carboxylic acids is 1. The molecule has 2 heterocycles. The zero-order valence-corrected chi connectivity index (χ0v) is 14.1. The van der Waals surface area contributed by atoms with Crippen molar-refractivity contribution in [2.75, 3.05) is 6.61 Å². The van der Waals surface area contributed by atoms with Gasteiger partial charge in [-0.05, 0) is 26.7 Å². The summed E-state index contributed by atoms with van der Waals surface area (Å²) in [5.74, 6) is 1.05. The van der Waals surface area contributed by atoms with E-state index in [1.54, 1.807) is 0 Å². The summed E-state index contributed by atoms with van der Waals surface area (Å²) in [6.45, 7) is 4.78. The van der Waals surface area contributed by atoms with Crippen molar-refractivity contribution >= 4 is 5.91 Å². The van der Waals surface area contributed by atoms with E-state index in [1.807, 2.05) is 30.3 Å². The molecule has 6 nitrogen and oxygen atoms in total. The highest BCUT2D eigenvalue weighted by molar-refractivity contribution is 5.76. The fourth-order valence-corrected chi connectivity index (χ4v) is 2.94. The Morgan fingerprint density at radius 1 is 1.33 bits per heavy atom. The molecule has 0 bridgehead atoms. The van der Waals surface area contributed by atoms with Crippen LogP contribution < -0.4 is 5.32 Å². The first kappa shape index (κ1) is 16.6. The maximum Gasteiger partial charge on any atom is 0.227 e. The number of aromatic nitrogens is 2. The summed E-state index contributed by atoms with van der Waals surface area (Å²) < 4.78 is 10.9. The van der Waals surface area contributed by atoms with E-state index in [-0.39, 0.29) is 17.6 Å². The molecule has 1 N–H and O–H groups in total. The highest BCUT2D eigenvalue weighted by Crippen LogP contribution is 2.24. The number of carbonyl (C=O) groups is 1. The van der Waals surface area contributed by atoms with E-state index in [0.717, 1.165) is 18.4 Å². The average Bonchev–Trinajstić information content (AvgIpc) is 3.02. The molecule has 1 aromatic carbocycles. The molecule has 2 aromatic rings. The van der Waals surface area contributed by atoms with E-state index < -0.39 is 0 Å². The molecule has 1 saturated heterocycles. The molecule has 3 rings (SSSR count). The Bertz CT molecular complexity index is 682. The summed E-state index contributed by atoms with van der Waals surface area (Å²) in [5.41, 5.74) is 0.731. The number of aryl methyl sites for hydroxylation is 1. The molecule has 0 unspecified atom stereocenters. The van der Waals surface area contributed by atoms with Gasteiger partial charge < -0.3 is 14.6 Å². The molecular formula is C18H23N3O3. The summed E-state index contributed by atoms with van der Waals surface area (Å²) >= 11 is 0. The van der Waals surface area contributed by atoms with Crippen LogP contribution in [0.3, 0.4) is 0 Å². The minimum absolute atomic E-state index is 0.0113. The number of ether oxygens (including phenoxy) is 1. The second kappa shape index (κ2) is 7.13. The Morgan fingerprint density at radius 3 is 2.88 bits per heavy atom. The summed E-state index contributed by atoms with van der Waals surface area (Å²) in [6.07, 6.45) is 2.47. The molecule has 24 heavy (non-hydrogen) atoms. The van der Waals surface area contributed by atoms with Crippen molar-refractivity contribution in [2.24, 2.45) is 0 Å². The van der Waals surface area contributed by atoms with Crippen LogP contribution in [0.2, 0.25) is 0 Å². The Morgan fingerprint density at radius 2 is 2.12 bits per heavy atom. The first-order chi connectivity index (χ1) is 11.5. The van der Waals surface area contributed by atoms with E-state index in [0.29, 0.717) is 31.2 Å². The lowest BCUT2D eigenvalue weighted by molar-refractivity contribution is -0.124. The van der Waals surface area contributed by atoms with Crippen molar-refractivity contribution < 1.29 is 14.1 Å². The Kier molecular flexibility index (Phi) is 4.94. The number of benzene rings is 1. The SMILES string of the molecule is CC1(C)C[C@@H](NC(=O)CCc2nc(-c3ccccc3)no2)CCO1. The topological polar surface area (TPSA) is 77.3 Å². The van der Waals surface area contributed by atoms with Crippen molar-refractivity contribution in [1.82, 2.24) is 15.5 Å². The van der Waals surface area contributed by atoms with Crippen LogP contribution in [0.25, 0.3) is 11.4 Å². The van der Waals surface area contributed by atoms with E-state index in [4.69, 9.17) is 9.26 Å². The number of rotatable bonds is 5. The molecule has 0 radical (unpaired) electrons. The molecular weight excluding hydrogens is 306 g/mol. The second-order valence-corrected chi connectivity index (χ2v) is 6.74. The molecule has 0 spiro atoms. The fraction of sp³-hybridized carbons (Fsp3) is 0.500. The number of nitrogens with zero attached hydrogens (tertiary/aromatic N) is 2. The summed E-state index contributed by atoms with van der Waals surface area (Å²) in [6, 6.07) is 9.81. The molecule has 1 atom stereocenters. The van der Waals surface area contributed by atoms with E-state index in [9.17, 15) is 4.79 Å². The van der Waals surface area contributed by atoms with E-state index in [1.165, 1.54) is 0 Å². The van der Waals surface area contributed by atoms with Gasteiger partial charge in [0.2, 0.25) is 17.6 Å². The molecule has 1 aromatic heterocycles. The summed E-state index contributed by atoms with van der Waals surface area (Å²) in [7, 11) is 0. The van der Waals surface area contributed by atoms with Gasteiger partial charge in [0.05, 0.1) is 5.60 Å². The number of hydrogen-bond donors (Lipinski definition) is 1. The van der Waals surface area contributed by atoms with E-state index >= 15 is 0 Å². The van der Waals surface area contributed by atoms with E-state index in [2.05, 4.69) is 29.3 Å². The highest BCUT2D eigenvalue weighted by atomic mass is 16.5. The smallest absolute Gasteiger partial charge is 0.227 e.